The van der Waals surface area contributed by atoms with E-state index >= 15 is 0 Å². The average molecular weight is 407 g/mol. The molecule has 3 aromatic rings. The Kier molecular flexibility index (Phi) is 5.27. The summed E-state index contributed by atoms with van der Waals surface area (Å²) in [5.41, 5.74) is 3.71. The quantitative estimate of drug-likeness (QED) is 0.720. The molecular weight excluding hydrogens is 381 g/mol. The summed E-state index contributed by atoms with van der Waals surface area (Å²) in [5.74, 6) is -0.209. The first kappa shape index (κ1) is 19.3. The van der Waals surface area contributed by atoms with Crippen LogP contribution in [0.1, 0.15) is 29.3 Å². The smallest absolute Gasteiger partial charge is 0.224 e. The monoisotopic (exact) mass is 407 g/mol. The Bertz CT molecular complexity index is 1060. The lowest BCUT2D eigenvalue weighted by Gasteiger charge is -2.37. The Morgan fingerprint density at radius 1 is 1.07 bits per heavy atom. The highest BCUT2D eigenvalue weighted by atomic mass is 19.1. The lowest BCUT2D eigenvalue weighted by molar-refractivity contribution is -0.134. The fourth-order valence-electron chi connectivity index (χ4n) is 4.75. The number of fused-ring (bicyclic) bond motifs is 3. The molecule has 1 unspecified atom stereocenters. The fourth-order valence-corrected chi connectivity index (χ4v) is 4.75. The zero-order valence-electron chi connectivity index (χ0n) is 16.9. The minimum absolute atomic E-state index is 0.0686. The van der Waals surface area contributed by atoms with Gasteiger partial charge < -0.3 is 14.6 Å². The Labute approximate surface area is 175 Å². The number of aromatic nitrogens is 1. The third-order valence-corrected chi connectivity index (χ3v) is 6.30. The van der Waals surface area contributed by atoms with Gasteiger partial charge in [0.05, 0.1) is 13.2 Å². The van der Waals surface area contributed by atoms with Gasteiger partial charge in [-0.2, -0.15) is 0 Å². The number of hydrogen-bond acceptors (Lipinski definition) is 3. The maximum absolute atomic E-state index is 14.9. The molecule has 5 nitrogen and oxygen atoms in total. The van der Waals surface area contributed by atoms with Crippen molar-refractivity contribution in [2.24, 2.45) is 0 Å². The first-order valence-electron chi connectivity index (χ1n) is 10.7. The van der Waals surface area contributed by atoms with Gasteiger partial charge in [0.25, 0.3) is 0 Å². The van der Waals surface area contributed by atoms with Gasteiger partial charge in [-0.25, -0.2) is 4.39 Å². The highest BCUT2D eigenvalue weighted by Crippen LogP contribution is 2.39. The van der Waals surface area contributed by atoms with E-state index in [1.54, 1.807) is 12.1 Å². The zero-order chi connectivity index (χ0) is 20.5. The van der Waals surface area contributed by atoms with Crippen molar-refractivity contribution in [3.63, 3.8) is 0 Å². The summed E-state index contributed by atoms with van der Waals surface area (Å²) in [6.45, 7) is 4.45. The van der Waals surface area contributed by atoms with Crippen LogP contribution in [0.15, 0.2) is 48.5 Å². The molecule has 1 N–H and O–H groups in total. The molecule has 0 radical (unpaired) electrons. The number of ether oxygens (including phenoxy) is 1. The van der Waals surface area contributed by atoms with Crippen molar-refractivity contribution in [2.45, 2.75) is 18.9 Å². The second-order valence-corrected chi connectivity index (χ2v) is 8.03. The zero-order valence-corrected chi connectivity index (χ0v) is 16.9. The Morgan fingerprint density at radius 3 is 2.67 bits per heavy atom. The van der Waals surface area contributed by atoms with E-state index in [9.17, 15) is 9.18 Å². The summed E-state index contributed by atoms with van der Waals surface area (Å²) in [6, 6.07) is 14.5. The van der Waals surface area contributed by atoms with Crippen LogP contribution in [-0.2, 0) is 16.0 Å². The van der Waals surface area contributed by atoms with Gasteiger partial charge in [-0.3, -0.25) is 9.69 Å². The molecule has 1 fully saturated rings. The van der Waals surface area contributed by atoms with Crippen molar-refractivity contribution >= 4 is 16.8 Å². The molecule has 1 saturated heterocycles. The average Bonchev–Trinajstić information content (AvgIpc) is 3.17. The molecule has 0 saturated carbocycles. The third-order valence-electron chi connectivity index (χ3n) is 6.30. The molecule has 2 aromatic carbocycles. The van der Waals surface area contributed by atoms with Crippen LogP contribution in [0, 0.1) is 5.82 Å². The summed E-state index contributed by atoms with van der Waals surface area (Å²) in [6.07, 6.45) is 1.20. The van der Waals surface area contributed by atoms with Crippen LogP contribution in [0.3, 0.4) is 0 Å². The number of morpholine rings is 1. The molecule has 0 aliphatic carbocycles. The largest absolute Gasteiger partial charge is 0.379 e. The minimum atomic E-state index is -0.431. The van der Waals surface area contributed by atoms with Gasteiger partial charge in [0.1, 0.15) is 11.9 Å². The number of para-hydroxylation sites is 1. The van der Waals surface area contributed by atoms with Crippen molar-refractivity contribution < 1.29 is 13.9 Å². The van der Waals surface area contributed by atoms with Crippen LogP contribution < -0.4 is 0 Å². The number of H-pyrrole nitrogens is 1. The van der Waals surface area contributed by atoms with Crippen molar-refractivity contribution in [2.75, 3.05) is 39.4 Å². The molecule has 2 aliphatic rings. The van der Waals surface area contributed by atoms with Gasteiger partial charge in [-0.15, -0.1) is 0 Å². The number of aromatic amines is 1. The lowest BCUT2D eigenvalue weighted by Crippen LogP contribution is -2.43. The molecule has 0 bridgehead atoms. The number of nitrogens with zero attached hydrogens (tertiary/aromatic N) is 2. The Balaban J connectivity index is 1.49. The van der Waals surface area contributed by atoms with Gasteiger partial charge in [-0.05, 0) is 24.1 Å². The molecule has 1 amide bonds. The molecular formula is C24H26FN3O2. The van der Waals surface area contributed by atoms with E-state index < -0.39 is 6.04 Å². The van der Waals surface area contributed by atoms with Crippen LogP contribution >= 0.6 is 0 Å². The van der Waals surface area contributed by atoms with Crippen LogP contribution in [-0.4, -0.2) is 60.1 Å². The predicted octanol–water partition coefficient (Wildman–Crippen LogP) is 3.50. The molecule has 0 spiro atoms. The van der Waals surface area contributed by atoms with Crippen molar-refractivity contribution in [3.8, 4) is 0 Å². The summed E-state index contributed by atoms with van der Waals surface area (Å²) < 4.78 is 20.3. The summed E-state index contributed by atoms with van der Waals surface area (Å²) in [5, 5.41) is 1.16. The number of carbonyl (C=O) groups is 1. The number of hydrogen-bond donors (Lipinski definition) is 1. The van der Waals surface area contributed by atoms with Crippen LogP contribution in [0.4, 0.5) is 4.39 Å². The van der Waals surface area contributed by atoms with E-state index in [4.69, 9.17) is 4.74 Å². The van der Waals surface area contributed by atoms with Crippen LogP contribution in [0.5, 0.6) is 0 Å². The number of rotatable bonds is 4. The van der Waals surface area contributed by atoms with Gasteiger partial charge >= 0.3 is 0 Å². The molecule has 1 aromatic heterocycles. The molecule has 2 aliphatic heterocycles. The summed E-state index contributed by atoms with van der Waals surface area (Å²) in [4.78, 5) is 20.9. The maximum Gasteiger partial charge on any atom is 0.224 e. The normalized spacial score (nSPS) is 19.8. The second-order valence-electron chi connectivity index (χ2n) is 8.03. The van der Waals surface area contributed by atoms with Crippen molar-refractivity contribution in [1.29, 1.82) is 0 Å². The van der Waals surface area contributed by atoms with Gasteiger partial charge in [-0.1, -0.05) is 36.4 Å². The Hall–Kier alpha value is -2.70. The maximum atomic E-state index is 14.9. The van der Waals surface area contributed by atoms with Gasteiger partial charge in [0.15, 0.2) is 0 Å². The first-order chi connectivity index (χ1) is 14.7. The summed E-state index contributed by atoms with van der Waals surface area (Å²) in [7, 11) is 0. The number of nitrogens with one attached hydrogen (secondary N) is 1. The molecule has 1 atom stereocenters. The number of amides is 1. The standard InChI is InChI=1S/C24H26FN3O2/c25-20-7-3-1-6-19(20)24-23-18(17-5-2-4-8-21(17)26-23)9-12-28(24)22(29)10-11-27-13-15-30-16-14-27/h1-8,24,26H,9-16H2. The number of carbonyl (C=O) groups excluding carboxylic acids is 1. The van der Waals surface area contributed by atoms with Gasteiger partial charge in [0, 0.05) is 54.8 Å². The molecule has 6 heteroatoms. The summed E-state index contributed by atoms with van der Waals surface area (Å²) >= 11 is 0. The van der Waals surface area contributed by atoms with E-state index in [1.807, 2.05) is 29.2 Å². The first-order valence-corrected chi connectivity index (χ1v) is 10.7. The molecule has 156 valence electrons. The lowest BCUT2D eigenvalue weighted by atomic mass is 9.91. The highest BCUT2D eigenvalue weighted by molar-refractivity contribution is 5.86. The van der Waals surface area contributed by atoms with E-state index in [2.05, 4.69) is 16.0 Å². The van der Waals surface area contributed by atoms with Crippen molar-refractivity contribution in [3.05, 3.63) is 71.2 Å². The highest BCUT2D eigenvalue weighted by Gasteiger charge is 2.35. The van der Waals surface area contributed by atoms with Crippen LogP contribution in [0.2, 0.25) is 0 Å². The van der Waals surface area contributed by atoms with Crippen LogP contribution in [0.25, 0.3) is 10.9 Å². The predicted molar refractivity (Wildman–Crippen MR) is 114 cm³/mol. The third kappa shape index (κ3) is 3.50. The minimum Gasteiger partial charge on any atom is -0.379 e. The fraction of sp³-hybridized carbons (Fsp3) is 0.375. The van der Waals surface area contributed by atoms with E-state index in [1.165, 1.54) is 11.6 Å². The molecule has 3 heterocycles. The van der Waals surface area contributed by atoms with E-state index in [-0.39, 0.29) is 11.7 Å². The molecule has 30 heavy (non-hydrogen) atoms. The topological polar surface area (TPSA) is 48.6 Å². The Morgan fingerprint density at radius 2 is 1.83 bits per heavy atom. The SMILES string of the molecule is O=C(CCN1CCOCC1)N1CCc2c([nH]c3ccccc23)C1c1ccccc1F. The van der Waals surface area contributed by atoms with Crippen molar-refractivity contribution in [1.82, 2.24) is 14.8 Å². The van der Waals surface area contributed by atoms with E-state index in [0.717, 1.165) is 36.1 Å². The van der Waals surface area contributed by atoms with E-state index in [0.29, 0.717) is 38.3 Å². The number of benzene rings is 2. The second kappa shape index (κ2) is 8.20. The number of halogens is 1. The van der Waals surface area contributed by atoms with Gasteiger partial charge in [0.2, 0.25) is 5.91 Å². The molecule has 5 rings (SSSR count).